The maximum absolute atomic E-state index is 13.5. The van der Waals surface area contributed by atoms with Crippen molar-refractivity contribution in [1.29, 1.82) is 0 Å². The van der Waals surface area contributed by atoms with Crippen molar-refractivity contribution in [1.82, 2.24) is 25.1 Å². The van der Waals surface area contributed by atoms with E-state index in [1.807, 2.05) is 6.07 Å². The van der Waals surface area contributed by atoms with Crippen LogP contribution in [0.5, 0.6) is 0 Å². The number of aromatic nitrogens is 5. The van der Waals surface area contributed by atoms with Gasteiger partial charge in [-0.3, -0.25) is 14.9 Å². The Morgan fingerprint density at radius 2 is 2.06 bits per heavy atom. The van der Waals surface area contributed by atoms with Gasteiger partial charge in [0.05, 0.1) is 17.5 Å². The molecule has 0 aliphatic carbocycles. The zero-order chi connectivity index (χ0) is 21.6. The first-order valence-electron chi connectivity index (χ1n) is 9.66. The van der Waals surface area contributed by atoms with Crippen molar-refractivity contribution in [2.24, 2.45) is 5.73 Å². The van der Waals surface area contributed by atoms with Crippen molar-refractivity contribution in [3.05, 3.63) is 89.9 Å². The number of nitrogens with one attached hydrogen (secondary N) is 2. The van der Waals surface area contributed by atoms with E-state index in [0.717, 1.165) is 5.56 Å². The molecule has 1 unspecified atom stereocenters. The van der Waals surface area contributed by atoms with Gasteiger partial charge >= 0.3 is 0 Å². The summed E-state index contributed by atoms with van der Waals surface area (Å²) in [6.07, 6.45) is 7.02. The number of amides is 1. The zero-order valence-electron chi connectivity index (χ0n) is 16.5. The third-order valence-corrected chi connectivity index (χ3v) is 4.75. The Hall–Kier alpha value is -4.14. The minimum Gasteiger partial charge on any atom is -0.369 e. The van der Waals surface area contributed by atoms with Gasteiger partial charge in [0.25, 0.3) is 0 Å². The Morgan fingerprint density at radius 1 is 1.16 bits per heavy atom. The molecule has 4 rings (SSSR count). The van der Waals surface area contributed by atoms with E-state index in [1.165, 1.54) is 12.1 Å². The average molecular weight is 417 g/mol. The molecule has 1 aromatic carbocycles. The van der Waals surface area contributed by atoms with Crippen LogP contribution in [-0.4, -0.2) is 37.6 Å². The number of hydrogen-bond donors (Lipinski definition) is 3. The van der Waals surface area contributed by atoms with E-state index >= 15 is 0 Å². The minimum atomic E-state index is -0.823. The molecule has 4 aromatic rings. The molecular formula is C22H20FN7O. The van der Waals surface area contributed by atoms with Gasteiger partial charge in [-0.15, -0.1) is 0 Å². The molecule has 1 amide bonds. The van der Waals surface area contributed by atoms with Crippen LogP contribution in [0.1, 0.15) is 22.7 Å². The van der Waals surface area contributed by atoms with Crippen LogP contribution in [0.25, 0.3) is 11.4 Å². The second kappa shape index (κ2) is 9.12. The Morgan fingerprint density at radius 3 is 2.77 bits per heavy atom. The van der Waals surface area contributed by atoms with E-state index in [4.69, 9.17) is 5.73 Å². The summed E-state index contributed by atoms with van der Waals surface area (Å²) < 4.78 is 13.5. The number of halogens is 1. The number of benzene rings is 1. The molecule has 0 aliphatic rings. The lowest BCUT2D eigenvalue weighted by molar-refractivity contribution is -0.118. The van der Waals surface area contributed by atoms with Crippen molar-refractivity contribution in [3.8, 4) is 11.4 Å². The lowest BCUT2D eigenvalue weighted by Gasteiger charge is -2.18. The summed E-state index contributed by atoms with van der Waals surface area (Å²) in [7, 11) is 0. The van der Waals surface area contributed by atoms with E-state index in [2.05, 4.69) is 30.5 Å². The summed E-state index contributed by atoms with van der Waals surface area (Å²) in [5.41, 5.74) is 8.28. The van der Waals surface area contributed by atoms with E-state index in [1.54, 1.807) is 49.1 Å². The number of carbonyl (C=O) groups is 1. The molecule has 31 heavy (non-hydrogen) atoms. The number of primary amides is 1. The third kappa shape index (κ3) is 4.72. The Balaban J connectivity index is 1.67. The van der Waals surface area contributed by atoms with Gasteiger partial charge in [-0.2, -0.15) is 5.10 Å². The zero-order valence-corrected chi connectivity index (χ0v) is 16.5. The van der Waals surface area contributed by atoms with Gasteiger partial charge in [0.2, 0.25) is 5.91 Å². The molecule has 0 saturated carbocycles. The number of aromatic amines is 1. The number of hydrogen-bond acceptors (Lipinski definition) is 6. The highest BCUT2D eigenvalue weighted by Gasteiger charge is 2.26. The Kier molecular flexibility index (Phi) is 5.93. The fraction of sp³-hybridized carbons (Fsp3) is 0.136. The van der Waals surface area contributed by atoms with Gasteiger partial charge in [0, 0.05) is 30.7 Å². The molecule has 0 bridgehead atoms. The maximum atomic E-state index is 13.5. The monoisotopic (exact) mass is 417 g/mol. The molecule has 3 aromatic heterocycles. The van der Waals surface area contributed by atoms with E-state index in [9.17, 15) is 9.18 Å². The van der Waals surface area contributed by atoms with Gasteiger partial charge in [0.1, 0.15) is 17.6 Å². The van der Waals surface area contributed by atoms with Crippen molar-refractivity contribution < 1.29 is 9.18 Å². The number of H-pyrrole nitrogens is 1. The molecular weight excluding hydrogens is 397 g/mol. The van der Waals surface area contributed by atoms with Crippen molar-refractivity contribution in [2.45, 2.75) is 12.3 Å². The number of rotatable bonds is 8. The molecule has 0 spiro atoms. The van der Waals surface area contributed by atoms with Crippen LogP contribution >= 0.6 is 0 Å². The average Bonchev–Trinajstić information content (AvgIpc) is 3.30. The van der Waals surface area contributed by atoms with Crippen molar-refractivity contribution in [3.63, 3.8) is 0 Å². The standard InChI is InChI=1S/C22H20FN7O/c23-16-5-3-4-14(10-16)7-9-26-22-17(13-27-21(30-22)15-11-28-29-12-15)19(20(24)31)18-6-1-2-8-25-18/h1-6,8,10-13,19H,7,9H2,(H2,24,31)(H,28,29)(H,26,27,30). The van der Waals surface area contributed by atoms with Crippen LogP contribution in [-0.2, 0) is 11.2 Å². The van der Waals surface area contributed by atoms with Gasteiger partial charge < -0.3 is 11.1 Å². The van der Waals surface area contributed by atoms with E-state index < -0.39 is 11.8 Å². The fourth-order valence-corrected chi connectivity index (χ4v) is 3.28. The highest BCUT2D eigenvalue weighted by molar-refractivity contribution is 5.86. The van der Waals surface area contributed by atoms with E-state index in [0.29, 0.717) is 41.4 Å². The smallest absolute Gasteiger partial charge is 0.231 e. The molecule has 156 valence electrons. The number of nitrogens with zero attached hydrogens (tertiary/aromatic N) is 4. The molecule has 0 radical (unpaired) electrons. The van der Waals surface area contributed by atoms with Gasteiger partial charge in [-0.05, 0) is 36.2 Å². The Labute approximate surface area is 177 Å². The summed E-state index contributed by atoms with van der Waals surface area (Å²) >= 11 is 0. The molecule has 3 heterocycles. The van der Waals surface area contributed by atoms with Crippen LogP contribution < -0.4 is 11.1 Å². The summed E-state index contributed by atoms with van der Waals surface area (Å²) in [6, 6.07) is 11.7. The molecule has 0 saturated heterocycles. The number of pyridine rings is 1. The first-order chi connectivity index (χ1) is 15.1. The second-order valence-electron chi connectivity index (χ2n) is 6.88. The van der Waals surface area contributed by atoms with Gasteiger partial charge in [-0.1, -0.05) is 18.2 Å². The molecule has 1 atom stereocenters. The normalized spacial score (nSPS) is 11.8. The molecule has 0 fully saturated rings. The van der Waals surface area contributed by atoms with Gasteiger partial charge in [0.15, 0.2) is 5.82 Å². The predicted octanol–water partition coefficient (Wildman–Crippen LogP) is 2.67. The highest BCUT2D eigenvalue weighted by atomic mass is 19.1. The number of nitrogens with two attached hydrogens (primary N) is 1. The topological polar surface area (TPSA) is 122 Å². The highest BCUT2D eigenvalue weighted by Crippen LogP contribution is 2.29. The summed E-state index contributed by atoms with van der Waals surface area (Å²) in [6.45, 7) is 0.464. The molecule has 9 heteroatoms. The largest absolute Gasteiger partial charge is 0.369 e. The summed E-state index contributed by atoms with van der Waals surface area (Å²) in [5.74, 6) is -0.777. The third-order valence-electron chi connectivity index (χ3n) is 4.75. The van der Waals surface area contributed by atoms with Crippen LogP contribution in [0.15, 0.2) is 67.3 Å². The maximum Gasteiger partial charge on any atom is 0.231 e. The fourth-order valence-electron chi connectivity index (χ4n) is 3.28. The second-order valence-corrected chi connectivity index (χ2v) is 6.88. The number of carbonyl (C=O) groups excluding carboxylic acids is 1. The summed E-state index contributed by atoms with van der Waals surface area (Å²) in [4.78, 5) is 25.6. The summed E-state index contributed by atoms with van der Waals surface area (Å²) in [5, 5.41) is 9.90. The van der Waals surface area contributed by atoms with E-state index in [-0.39, 0.29) is 5.82 Å². The lowest BCUT2D eigenvalue weighted by atomic mass is 9.95. The van der Waals surface area contributed by atoms with Crippen molar-refractivity contribution in [2.75, 3.05) is 11.9 Å². The first-order valence-corrected chi connectivity index (χ1v) is 9.66. The molecule has 8 nitrogen and oxygen atoms in total. The number of anilines is 1. The Bertz CT molecular complexity index is 1170. The van der Waals surface area contributed by atoms with Crippen LogP contribution in [0.2, 0.25) is 0 Å². The van der Waals surface area contributed by atoms with Crippen LogP contribution in [0.4, 0.5) is 10.2 Å². The molecule has 0 aliphatic heterocycles. The van der Waals surface area contributed by atoms with Crippen molar-refractivity contribution >= 4 is 11.7 Å². The lowest BCUT2D eigenvalue weighted by Crippen LogP contribution is -2.25. The van der Waals surface area contributed by atoms with Crippen LogP contribution in [0, 0.1) is 5.82 Å². The predicted molar refractivity (Wildman–Crippen MR) is 113 cm³/mol. The van der Waals surface area contributed by atoms with Crippen LogP contribution in [0.3, 0.4) is 0 Å². The molecule has 4 N–H and O–H groups in total. The SMILES string of the molecule is NC(=O)C(c1ccccn1)c1cnc(-c2cn[nH]c2)nc1NCCc1cccc(F)c1. The minimum absolute atomic E-state index is 0.286. The van der Waals surface area contributed by atoms with Gasteiger partial charge in [-0.25, -0.2) is 14.4 Å². The quantitative estimate of drug-likeness (QED) is 0.405. The first kappa shape index (κ1) is 20.1.